The monoisotopic (exact) mass is 277 g/mol. The number of nitrogens with zero attached hydrogens (tertiary/aromatic N) is 5. The molecule has 7 nitrogen and oxygen atoms in total. The largest absolute Gasteiger partial charge is 0.361 e. The first-order valence-electron chi connectivity index (χ1n) is 6.85. The van der Waals surface area contributed by atoms with Crippen molar-refractivity contribution in [2.45, 2.75) is 26.9 Å². The van der Waals surface area contributed by atoms with Crippen molar-refractivity contribution >= 4 is 0 Å². The molecule has 0 aliphatic carbocycles. The van der Waals surface area contributed by atoms with Crippen molar-refractivity contribution < 1.29 is 9.05 Å². The summed E-state index contributed by atoms with van der Waals surface area (Å²) in [6.45, 7) is 9.36. The zero-order valence-corrected chi connectivity index (χ0v) is 11.9. The summed E-state index contributed by atoms with van der Waals surface area (Å²) in [5.41, 5.74) is 1.00. The van der Waals surface area contributed by atoms with Crippen molar-refractivity contribution in [2.24, 2.45) is 0 Å². The van der Waals surface area contributed by atoms with E-state index >= 15 is 0 Å². The van der Waals surface area contributed by atoms with Gasteiger partial charge < -0.3 is 9.05 Å². The van der Waals surface area contributed by atoms with E-state index in [9.17, 15) is 0 Å². The van der Waals surface area contributed by atoms with Gasteiger partial charge in [-0.05, 0) is 13.8 Å². The fraction of sp³-hybridized carbons (Fsp3) is 0.615. The zero-order valence-electron chi connectivity index (χ0n) is 11.9. The van der Waals surface area contributed by atoms with Gasteiger partial charge in [0.15, 0.2) is 5.82 Å². The van der Waals surface area contributed by atoms with Gasteiger partial charge in [-0.15, -0.1) is 0 Å². The van der Waals surface area contributed by atoms with Gasteiger partial charge in [0.25, 0.3) is 0 Å². The molecule has 0 aromatic carbocycles. The summed E-state index contributed by atoms with van der Waals surface area (Å²) in [5.74, 6) is 2.26. The molecule has 2 aromatic heterocycles. The molecule has 0 radical (unpaired) electrons. The third-order valence-electron chi connectivity index (χ3n) is 3.46. The van der Waals surface area contributed by atoms with Gasteiger partial charge in [0.2, 0.25) is 5.89 Å². The highest BCUT2D eigenvalue weighted by Crippen LogP contribution is 2.11. The molecule has 0 atom stereocenters. The van der Waals surface area contributed by atoms with E-state index in [1.54, 1.807) is 0 Å². The van der Waals surface area contributed by atoms with E-state index in [0.717, 1.165) is 50.7 Å². The van der Waals surface area contributed by atoms with Crippen LogP contribution >= 0.6 is 0 Å². The van der Waals surface area contributed by atoms with E-state index in [1.807, 2.05) is 19.9 Å². The minimum atomic E-state index is 0.694. The van der Waals surface area contributed by atoms with Crippen molar-refractivity contribution in [1.82, 2.24) is 25.1 Å². The summed E-state index contributed by atoms with van der Waals surface area (Å²) in [5, 5.41) is 7.85. The van der Waals surface area contributed by atoms with Crippen molar-refractivity contribution in [3.63, 3.8) is 0 Å². The number of rotatable bonds is 4. The van der Waals surface area contributed by atoms with Crippen LogP contribution in [0.3, 0.4) is 0 Å². The summed E-state index contributed by atoms with van der Waals surface area (Å²) >= 11 is 0. The molecule has 3 rings (SSSR count). The molecular weight excluding hydrogens is 258 g/mol. The Hall–Kier alpha value is -1.73. The van der Waals surface area contributed by atoms with Crippen molar-refractivity contribution in [1.29, 1.82) is 0 Å². The lowest BCUT2D eigenvalue weighted by atomic mass is 10.3. The van der Waals surface area contributed by atoms with E-state index in [0.29, 0.717) is 11.7 Å². The molecule has 0 N–H and O–H groups in total. The van der Waals surface area contributed by atoms with Gasteiger partial charge in [0, 0.05) is 38.8 Å². The third kappa shape index (κ3) is 3.23. The van der Waals surface area contributed by atoms with Crippen LogP contribution in [0.2, 0.25) is 0 Å². The minimum absolute atomic E-state index is 0.694. The van der Waals surface area contributed by atoms with Crippen LogP contribution in [0.15, 0.2) is 15.1 Å². The Balaban J connectivity index is 1.47. The summed E-state index contributed by atoms with van der Waals surface area (Å²) < 4.78 is 10.2. The lowest BCUT2D eigenvalue weighted by Gasteiger charge is -2.33. The number of aromatic nitrogens is 3. The molecule has 1 saturated heterocycles. The van der Waals surface area contributed by atoms with Gasteiger partial charge in [0.05, 0.1) is 12.2 Å². The van der Waals surface area contributed by atoms with Crippen LogP contribution < -0.4 is 0 Å². The van der Waals surface area contributed by atoms with E-state index in [4.69, 9.17) is 9.05 Å². The molecule has 7 heteroatoms. The van der Waals surface area contributed by atoms with Gasteiger partial charge in [-0.25, -0.2) is 0 Å². The highest BCUT2D eigenvalue weighted by atomic mass is 16.5. The first-order valence-corrected chi connectivity index (χ1v) is 6.85. The molecule has 108 valence electrons. The highest BCUT2D eigenvalue weighted by molar-refractivity contribution is 5.03. The topological polar surface area (TPSA) is 71.4 Å². The second kappa shape index (κ2) is 5.72. The summed E-state index contributed by atoms with van der Waals surface area (Å²) in [6.07, 6.45) is 0. The second-order valence-corrected chi connectivity index (χ2v) is 5.22. The van der Waals surface area contributed by atoms with Gasteiger partial charge in [-0.3, -0.25) is 9.80 Å². The molecule has 2 aromatic rings. The Morgan fingerprint density at radius 1 is 1.00 bits per heavy atom. The van der Waals surface area contributed by atoms with Crippen LogP contribution in [0.25, 0.3) is 0 Å². The summed E-state index contributed by atoms with van der Waals surface area (Å²) in [7, 11) is 0. The molecule has 1 fully saturated rings. The van der Waals surface area contributed by atoms with Crippen LogP contribution in [-0.4, -0.2) is 51.3 Å². The number of piperazine rings is 1. The van der Waals surface area contributed by atoms with Crippen LogP contribution in [0, 0.1) is 13.8 Å². The van der Waals surface area contributed by atoms with E-state index < -0.39 is 0 Å². The van der Waals surface area contributed by atoms with Crippen LogP contribution in [0.1, 0.15) is 23.2 Å². The van der Waals surface area contributed by atoms with Crippen LogP contribution in [-0.2, 0) is 13.1 Å². The van der Waals surface area contributed by atoms with E-state index in [-0.39, 0.29) is 0 Å². The Kier molecular flexibility index (Phi) is 3.79. The Morgan fingerprint density at radius 2 is 1.70 bits per heavy atom. The lowest BCUT2D eigenvalue weighted by molar-refractivity contribution is 0.110. The number of aryl methyl sites for hydroxylation is 2. The molecule has 0 saturated carbocycles. The summed E-state index contributed by atoms with van der Waals surface area (Å²) in [4.78, 5) is 8.95. The Bertz CT molecular complexity index is 506. The molecule has 1 aliphatic rings. The SMILES string of the molecule is Cc1noc(CN2CCN(Cc3cc(C)on3)CC2)n1. The van der Waals surface area contributed by atoms with Crippen molar-refractivity contribution in [3.05, 3.63) is 29.2 Å². The normalized spacial score (nSPS) is 17.7. The van der Waals surface area contributed by atoms with Gasteiger partial charge in [-0.2, -0.15) is 4.98 Å². The zero-order chi connectivity index (χ0) is 13.9. The molecular formula is C13H19N5O2. The smallest absolute Gasteiger partial charge is 0.240 e. The Labute approximate surface area is 117 Å². The standard InChI is InChI=1S/C13H19N5O2/c1-10-7-12(16-19-10)8-17-3-5-18(6-4-17)9-13-14-11(2)15-20-13/h7H,3-6,8-9H2,1-2H3. The molecule has 0 bridgehead atoms. The lowest BCUT2D eigenvalue weighted by Crippen LogP contribution is -2.45. The van der Waals surface area contributed by atoms with Crippen molar-refractivity contribution in [3.8, 4) is 0 Å². The summed E-state index contributed by atoms with van der Waals surface area (Å²) in [6, 6.07) is 1.99. The molecule has 1 aliphatic heterocycles. The van der Waals surface area contributed by atoms with Crippen LogP contribution in [0.5, 0.6) is 0 Å². The molecule has 3 heterocycles. The first kappa shape index (κ1) is 13.3. The third-order valence-corrected chi connectivity index (χ3v) is 3.46. The second-order valence-electron chi connectivity index (χ2n) is 5.22. The first-order chi connectivity index (χ1) is 9.69. The fourth-order valence-corrected chi connectivity index (χ4v) is 2.42. The molecule has 0 unspecified atom stereocenters. The Morgan fingerprint density at radius 3 is 2.25 bits per heavy atom. The predicted octanol–water partition coefficient (Wildman–Crippen LogP) is 0.992. The van der Waals surface area contributed by atoms with Crippen molar-refractivity contribution in [2.75, 3.05) is 26.2 Å². The maximum atomic E-state index is 5.15. The van der Waals surface area contributed by atoms with Gasteiger partial charge >= 0.3 is 0 Å². The number of hydrogen-bond acceptors (Lipinski definition) is 7. The fourth-order valence-electron chi connectivity index (χ4n) is 2.42. The average molecular weight is 277 g/mol. The molecule has 0 spiro atoms. The molecule has 0 amide bonds. The maximum absolute atomic E-state index is 5.15. The quantitative estimate of drug-likeness (QED) is 0.825. The highest BCUT2D eigenvalue weighted by Gasteiger charge is 2.19. The predicted molar refractivity (Wildman–Crippen MR) is 70.8 cm³/mol. The minimum Gasteiger partial charge on any atom is -0.361 e. The van der Waals surface area contributed by atoms with E-state index in [2.05, 4.69) is 25.1 Å². The van der Waals surface area contributed by atoms with E-state index in [1.165, 1.54) is 0 Å². The van der Waals surface area contributed by atoms with Crippen LogP contribution in [0.4, 0.5) is 0 Å². The van der Waals surface area contributed by atoms with Gasteiger partial charge in [-0.1, -0.05) is 10.3 Å². The average Bonchev–Trinajstić information content (AvgIpc) is 3.01. The molecule has 20 heavy (non-hydrogen) atoms. The van der Waals surface area contributed by atoms with Gasteiger partial charge in [0.1, 0.15) is 5.76 Å². The number of hydrogen-bond donors (Lipinski definition) is 0. The maximum Gasteiger partial charge on any atom is 0.240 e.